The highest BCUT2D eigenvalue weighted by Crippen LogP contribution is 2.35. The minimum Gasteiger partial charge on any atom is -0.488 e. The summed E-state index contributed by atoms with van der Waals surface area (Å²) >= 11 is 6.65. The molecule has 0 aliphatic heterocycles. The normalized spacial score (nSPS) is 12.0. The van der Waals surface area contributed by atoms with Crippen molar-refractivity contribution in [2.75, 3.05) is 6.61 Å². The number of hydrogen-bond acceptors (Lipinski definition) is 9. The maximum atomic E-state index is 11.7. The Hall–Kier alpha value is -4.95. The number of oxazole rings is 1. The van der Waals surface area contributed by atoms with Gasteiger partial charge >= 0.3 is 5.97 Å². The van der Waals surface area contributed by atoms with Crippen molar-refractivity contribution >= 4 is 28.7 Å². The number of ether oxygens (including phenoxy) is 2. The zero-order valence-electron chi connectivity index (χ0n) is 26.0. The highest BCUT2D eigenvalue weighted by Gasteiger charge is 2.32. The highest BCUT2D eigenvalue weighted by molar-refractivity contribution is 6.32. The Bertz CT molecular complexity index is 1870. The van der Waals surface area contributed by atoms with Crippen molar-refractivity contribution in [3.05, 3.63) is 106 Å². The average Bonchev–Trinajstić information content (AvgIpc) is 3.55. The second-order valence-electron chi connectivity index (χ2n) is 10.4. The predicted molar refractivity (Wildman–Crippen MR) is 175 cm³/mol. The molecule has 0 spiro atoms. The third kappa shape index (κ3) is 7.82. The van der Waals surface area contributed by atoms with Gasteiger partial charge in [0.15, 0.2) is 12.0 Å². The van der Waals surface area contributed by atoms with Gasteiger partial charge in [-0.1, -0.05) is 49.7 Å². The van der Waals surface area contributed by atoms with Crippen molar-refractivity contribution in [2.24, 2.45) is 0 Å². The fourth-order valence-corrected chi connectivity index (χ4v) is 4.81. The average molecular weight is 643 g/mol. The molecule has 2 heterocycles. The standard InChI is InChI=1S/C33H29ClN4O6.C2H6/c1-20-24(4-3-5-26(20)23-6-7-29-28(10-23)37-19-44-29)17-43-31-11-30(42-16-22-8-21(12-35)13-36-14-22)25(9-27(31)34)15-38-33(2,18-39)32(40)41;1-2/h3-11,13-14,19,38-39H,15-18H2,1-2H3,(H,40,41);1-2H3. The molecule has 11 heteroatoms. The first-order valence-corrected chi connectivity index (χ1v) is 15.0. The fraction of sp³-hybridized carbons (Fsp3) is 0.257. The number of pyridine rings is 1. The number of aromatic nitrogens is 2. The lowest BCUT2D eigenvalue weighted by Gasteiger charge is -2.25. The Morgan fingerprint density at radius 1 is 1.07 bits per heavy atom. The molecule has 0 saturated heterocycles. The molecule has 0 amide bonds. The van der Waals surface area contributed by atoms with Crippen LogP contribution in [0.2, 0.25) is 5.02 Å². The van der Waals surface area contributed by atoms with Gasteiger partial charge in [-0.3, -0.25) is 15.1 Å². The number of aliphatic hydroxyl groups is 1. The summed E-state index contributed by atoms with van der Waals surface area (Å²) in [7, 11) is 0. The quantitative estimate of drug-likeness (QED) is 0.132. The summed E-state index contributed by atoms with van der Waals surface area (Å²) < 4.78 is 17.7. The summed E-state index contributed by atoms with van der Waals surface area (Å²) in [5.41, 5.74) is 5.55. The van der Waals surface area contributed by atoms with Gasteiger partial charge in [-0.2, -0.15) is 5.26 Å². The topological polar surface area (TPSA) is 151 Å². The van der Waals surface area contributed by atoms with Gasteiger partial charge in [0.1, 0.15) is 41.8 Å². The van der Waals surface area contributed by atoms with Crippen LogP contribution in [-0.2, 0) is 24.6 Å². The number of fused-ring (bicyclic) bond motifs is 1. The van der Waals surface area contributed by atoms with E-state index in [2.05, 4.69) is 21.4 Å². The number of nitriles is 1. The van der Waals surface area contributed by atoms with Gasteiger partial charge in [0.25, 0.3) is 0 Å². The molecule has 238 valence electrons. The molecule has 0 aliphatic carbocycles. The van der Waals surface area contributed by atoms with Crippen LogP contribution >= 0.6 is 11.6 Å². The first-order chi connectivity index (χ1) is 22.2. The number of carboxylic acids is 1. The van der Waals surface area contributed by atoms with Gasteiger partial charge in [0.2, 0.25) is 0 Å². The maximum absolute atomic E-state index is 11.7. The number of aliphatic hydroxyl groups excluding tert-OH is 1. The summed E-state index contributed by atoms with van der Waals surface area (Å²) in [5.74, 6) is -0.450. The third-order valence-corrected chi connectivity index (χ3v) is 7.66. The Morgan fingerprint density at radius 3 is 2.59 bits per heavy atom. The van der Waals surface area contributed by atoms with Gasteiger partial charge in [-0.15, -0.1) is 0 Å². The molecule has 0 radical (unpaired) electrons. The number of nitrogens with one attached hydrogen (secondary N) is 1. The van der Waals surface area contributed by atoms with Gasteiger partial charge < -0.3 is 24.1 Å². The van der Waals surface area contributed by atoms with Crippen molar-refractivity contribution in [1.29, 1.82) is 5.26 Å². The summed E-state index contributed by atoms with van der Waals surface area (Å²) in [5, 5.41) is 31.6. The van der Waals surface area contributed by atoms with E-state index < -0.39 is 18.1 Å². The Balaban J connectivity index is 0.00000235. The molecule has 0 aliphatic rings. The number of hydrogen-bond donors (Lipinski definition) is 3. The van der Waals surface area contributed by atoms with E-state index in [9.17, 15) is 20.3 Å². The van der Waals surface area contributed by atoms with Crippen molar-refractivity contribution < 1.29 is 28.9 Å². The van der Waals surface area contributed by atoms with E-state index in [0.29, 0.717) is 33.2 Å². The van der Waals surface area contributed by atoms with Crippen LogP contribution in [-0.4, -0.2) is 38.3 Å². The summed E-state index contributed by atoms with van der Waals surface area (Å²) in [6.07, 6.45) is 4.47. The van der Waals surface area contributed by atoms with Crippen LogP contribution in [0.5, 0.6) is 11.5 Å². The summed E-state index contributed by atoms with van der Waals surface area (Å²) in [6.45, 7) is 7.13. The number of rotatable bonds is 12. The molecular formula is C35H35ClN4O6. The molecule has 46 heavy (non-hydrogen) atoms. The van der Waals surface area contributed by atoms with Crippen LogP contribution in [0.25, 0.3) is 22.2 Å². The van der Waals surface area contributed by atoms with Crippen LogP contribution in [0, 0.1) is 18.3 Å². The smallest absolute Gasteiger partial charge is 0.326 e. The van der Waals surface area contributed by atoms with E-state index in [0.717, 1.165) is 33.4 Å². The van der Waals surface area contributed by atoms with Gasteiger partial charge in [0.05, 0.1) is 17.2 Å². The van der Waals surface area contributed by atoms with Crippen LogP contribution < -0.4 is 14.8 Å². The van der Waals surface area contributed by atoms with E-state index in [1.165, 1.54) is 19.5 Å². The zero-order chi connectivity index (χ0) is 33.3. The van der Waals surface area contributed by atoms with Crippen molar-refractivity contribution in [3.63, 3.8) is 0 Å². The lowest BCUT2D eigenvalue weighted by atomic mass is 9.96. The number of nitrogens with zero attached hydrogens (tertiary/aromatic N) is 3. The molecule has 0 bridgehead atoms. The maximum Gasteiger partial charge on any atom is 0.326 e. The minimum absolute atomic E-state index is 0.0339. The molecule has 5 rings (SSSR count). The number of carboxylic acid groups (broad SMARTS) is 1. The van der Waals surface area contributed by atoms with Gasteiger partial charge in [-0.25, -0.2) is 4.98 Å². The monoisotopic (exact) mass is 642 g/mol. The van der Waals surface area contributed by atoms with Crippen LogP contribution in [0.15, 0.2) is 77.8 Å². The number of carbonyl (C=O) groups is 1. The molecule has 1 atom stereocenters. The van der Waals surface area contributed by atoms with Crippen molar-refractivity contribution in [3.8, 4) is 28.7 Å². The van der Waals surface area contributed by atoms with Crippen LogP contribution in [0.3, 0.4) is 0 Å². The molecule has 2 aromatic heterocycles. The Morgan fingerprint density at radius 2 is 1.85 bits per heavy atom. The Kier molecular flexibility index (Phi) is 11.3. The third-order valence-electron chi connectivity index (χ3n) is 7.36. The van der Waals surface area contributed by atoms with Crippen LogP contribution in [0.1, 0.15) is 48.6 Å². The van der Waals surface area contributed by atoms with Gasteiger partial charge in [0, 0.05) is 36.1 Å². The van der Waals surface area contributed by atoms with E-state index in [1.807, 2.05) is 57.2 Å². The Labute approximate surface area is 272 Å². The fourth-order valence-electron chi connectivity index (χ4n) is 4.57. The molecule has 0 saturated carbocycles. The minimum atomic E-state index is -1.58. The lowest BCUT2D eigenvalue weighted by Crippen LogP contribution is -2.52. The molecular weight excluding hydrogens is 608 g/mol. The van der Waals surface area contributed by atoms with Crippen LogP contribution in [0.4, 0.5) is 0 Å². The lowest BCUT2D eigenvalue weighted by molar-refractivity contribution is -0.145. The highest BCUT2D eigenvalue weighted by atomic mass is 35.5. The SMILES string of the molecule is CC.Cc1c(COc2cc(OCc3cncc(C#N)c3)c(CNC(C)(CO)C(=O)O)cc2Cl)cccc1-c1ccc2ocnc2c1. The van der Waals surface area contributed by atoms with Crippen molar-refractivity contribution in [1.82, 2.24) is 15.3 Å². The van der Waals surface area contributed by atoms with E-state index >= 15 is 0 Å². The largest absolute Gasteiger partial charge is 0.488 e. The molecule has 1 unspecified atom stereocenters. The number of aliphatic carboxylic acids is 1. The summed E-state index contributed by atoms with van der Waals surface area (Å²) in [4.78, 5) is 20.0. The van der Waals surface area contributed by atoms with E-state index in [1.54, 1.807) is 24.4 Å². The molecule has 10 nitrogen and oxygen atoms in total. The first kappa shape index (κ1) is 33.9. The predicted octanol–water partition coefficient (Wildman–Crippen LogP) is 6.83. The molecule has 0 fully saturated rings. The molecule has 3 aromatic carbocycles. The zero-order valence-corrected chi connectivity index (χ0v) is 26.8. The van der Waals surface area contributed by atoms with Crippen molar-refractivity contribution in [2.45, 2.75) is 53.0 Å². The summed E-state index contributed by atoms with van der Waals surface area (Å²) in [6, 6.07) is 18.8. The number of benzene rings is 3. The molecule has 3 N–H and O–H groups in total. The van der Waals surface area contributed by atoms with Gasteiger partial charge in [-0.05, 0) is 60.4 Å². The second kappa shape index (κ2) is 15.4. The number of halogens is 1. The molecule has 5 aromatic rings. The van der Waals surface area contributed by atoms with E-state index in [4.69, 9.17) is 25.5 Å². The second-order valence-corrected chi connectivity index (χ2v) is 10.8. The van der Waals surface area contributed by atoms with E-state index in [-0.39, 0.29) is 19.8 Å². The first-order valence-electron chi connectivity index (χ1n) is 14.6.